The van der Waals surface area contributed by atoms with Crippen LogP contribution in [0.3, 0.4) is 0 Å². The highest BCUT2D eigenvalue weighted by Crippen LogP contribution is 2.34. The molecule has 1 aliphatic rings. The van der Waals surface area contributed by atoms with Gasteiger partial charge in [-0.3, -0.25) is 14.4 Å². The predicted octanol–water partition coefficient (Wildman–Crippen LogP) is 4.53. The van der Waals surface area contributed by atoms with E-state index in [1.54, 1.807) is 6.07 Å². The maximum atomic E-state index is 12.1. The third-order valence-corrected chi connectivity index (χ3v) is 4.89. The second-order valence-corrected chi connectivity index (χ2v) is 6.77. The number of aldehydes is 1. The molecule has 1 fully saturated rings. The van der Waals surface area contributed by atoms with Crippen LogP contribution < -0.4 is 0 Å². The number of aliphatic carboxylic acids is 1. The molecule has 0 spiro atoms. The third kappa shape index (κ3) is 6.29. The second-order valence-electron chi connectivity index (χ2n) is 6.77. The number of carboxylic acid groups (broad SMARTS) is 1. The monoisotopic (exact) mass is 342 g/mol. The van der Waals surface area contributed by atoms with Crippen molar-refractivity contribution in [2.24, 2.45) is 11.8 Å². The van der Waals surface area contributed by atoms with Gasteiger partial charge < -0.3 is 5.11 Å². The number of benzene rings is 1. The van der Waals surface area contributed by atoms with Crippen LogP contribution in [0.5, 0.6) is 0 Å². The minimum Gasteiger partial charge on any atom is -0.481 e. The lowest BCUT2D eigenvalue weighted by Crippen LogP contribution is -2.13. The fourth-order valence-corrected chi connectivity index (χ4v) is 3.50. The Kier molecular flexibility index (Phi) is 7.58. The van der Waals surface area contributed by atoms with E-state index in [1.165, 1.54) is 0 Å². The zero-order chi connectivity index (χ0) is 18.1. The molecule has 1 saturated carbocycles. The lowest BCUT2D eigenvalue weighted by Gasteiger charge is -2.14. The summed E-state index contributed by atoms with van der Waals surface area (Å²) in [5, 5.41) is 8.63. The number of unbranched alkanes of at least 4 members (excludes halogenated alkanes) is 3. The summed E-state index contributed by atoms with van der Waals surface area (Å²) in [5.74, 6) is -0.0342. The van der Waals surface area contributed by atoms with E-state index < -0.39 is 5.97 Å². The van der Waals surface area contributed by atoms with Crippen LogP contribution in [0.2, 0.25) is 0 Å². The van der Waals surface area contributed by atoms with Crippen LogP contribution >= 0.6 is 0 Å². The highest BCUT2D eigenvalue weighted by atomic mass is 16.4. The molecular weight excluding hydrogens is 316 g/mol. The highest BCUT2D eigenvalue weighted by molar-refractivity contribution is 5.84. The van der Waals surface area contributed by atoms with E-state index >= 15 is 0 Å². The molecule has 1 aliphatic carbocycles. The van der Waals surface area contributed by atoms with E-state index in [-0.39, 0.29) is 18.3 Å². The van der Waals surface area contributed by atoms with E-state index in [9.17, 15) is 14.4 Å². The normalized spacial score (nSPS) is 20.2. The summed E-state index contributed by atoms with van der Waals surface area (Å²) in [4.78, 5) is 33.5. The summed E-state index contributed by atoms with van der Waals surface area (Å²) in [6.45, 7) is 0. The minimum atomic E-state index is -0.741. The van der Waals surface area contributed by atoms with Crippen LogP contribution in [0.4, 0.5) is 0 Å². The van der Waals surface area contributed by atoms with Gasteiger partial charge in [-0.25, -0.2) is 0 Å². The summed E-state index contributed by atoms with van der Waals surface area (Å²) in [7, 11) is 0. The van der Waals surface area contributed by atoms with E-state index in [0.29, 0.717) is 24.2 Å². The number of hydrogen-bond acceptors (Lipinski definition) is 3. The smallest absolute Gasteiger partial charge is 0.303 e. The average molecular weight is 342 g/mol. The molecule has 4 heteroatoms. The number of carboxylic acids is 1. The lowest BCUT2D eigenvalue weighted by atomic mass is 9.89. The number of Topliss-reactive ketones (excluding diaryl/α,β-unsaturated/α-hetero) is 1. The molecule has 0 radical (unpaired) electrons. The molecule has 0 heterocycles. The second kappa shape index (κ2) is 9.92. The molecule has 134 valence electrons. The predicted molar refractivity (Wildman–Crippen MR) is 97.4 cm³/mol. The molecule has 0 aliphatic heterocycles. The minimum absolute atomic E-state index is 0.0879. The summed E-state index contributed by atoms with van der Waals surface area (Å²) in [6.07, 6.45) is 11.2. The zero-order valence-corrected chi connectivity index (χ0v) is 14.5. The molecule has 0 bridgehead atoms. The first-order chi connectivity index (χ1) is 12.1. The fourth-order valence-electron chi connectivity index (χ4n) is 3.50. The van der Waals surface area contributed by atoms with Crippen LogP contribution in [0.15, 0.2) is 30.3 Å². The standard InChI is InChI=1S/C21H26O4/c22-15-17-7-5-6-16(14-17)10-11-18-12-13-20(23)19(18)8-3-1-2-4-9-21(24)25/h5-7,10-11,14-15,18-19H,1-4,8-9,12-13H2,(H,24,25). The van der Waals surface area contributed by atoms with Gasteiger partial charge in [0.25, 0.3) is 0 Å². The van der Waals surface area contributed by atoms with E-state index in [4.69, 9.17) is 5.11 Å². The first-order valence-electron chi connectivity index (χ1n) is 9.08. The van der Waals surface area contributed by atoms with Gasteiger partial charge in [-0.1, -0.05) is 49.6 Å². The van der Waals surface area contributed by atoms with Crippen LogP contribution in [-0.4, -0.2) is 23.1 Å². The summed E-state index contributed by atoms with van der Waals surface area (Å²) in [6, 6.07) is 7.43. The van der Waals surface area contributed by atoms with Crippen molar-refractivity contribution in [2.75, 3.05) is 0 Å². The Bertz CT molecular complexity index is 633. The number of rotatable bonds is 10. The van der Waals surface area contributed by atoms with Crippen molar-refractivity contribution in [3.05, 3.63) is 41.5 Å². The van der Waals surface area contributed by atoms with Crippen molar-refractivity contribution in [3.8, 4) is 0 Å². The molecule has 0 aromatic heterocycles. The summed E-state index contributed by atoms with van der Waals surface area (Å²) < 4.78 is 0. The molecule has 4 nitrogen and oxygen atoms in total. The molecule has 0 saturated heterocycles. The summed E-state index contributed by atoms with van der Waals surface area (Å²) in [5.41, 5.74) is 1.64. The van der Waals surface area contributed by atoms with Crippen molar-refractivity contribution in [3.63, 3.8) is 0 Å². The van der Waals surface area contributed by atoms with Crippen molar-refractivity contribution in [1.82, 2.24) is 0 Å². The molecule has 1 N–H and O–H groups in total. The largest absolute Gasteiger partial charge is 0.481 e. The maximum Gasteiger partial charge on any atom is 0.303 e. The number of carbonyl (C=O) groups excluding carboxylic acids is 2. The molecule has 1 aromatic rings. The maximum absolute atomic E-state index is 12.1. The van der Waals surface area contributed by atoms with E-state index in [2.05, 4.69) is 6.08 Å². The first-order valence-corrected chi connectivity index (χ1v) is 9.08. The van der Waals surface area contributed by atoms with Gasteiger partial charge in [0, 0.05) is 24.3 Å². The topological polar surface area (TPSA) is 71.4 Å². The van der Waals surface area contributed by atoms with Gasteiger partial charge in [0.2, 0.25) is 0 Å². The molecule has 2 unspecified atom stereocenters. The van der Waals surface area contributed by atoms with Gasteiger partial charge in [-0.05, 0) is 36.8 Å². The van der Waals surface area contributed by atoms with Crippen molar-refractivity contribution in [2.45, 2.75) is 51.4 Å². The molecule has 2 rings (SSSR count). The van der Waals surface area contributed by atoms with Gasteiger partial charge in [-0.2, -0.15) is 0 Å². The van der Waals surface area contributed by atoms with Crippen molar-refractivity contribution in [1.29, 1.82) is 0 Å². The Labute approximate surface area is 148 Å². The Morgan fingerprint density at radius 1 is 1.16 bits per heavy atom. The highest BCUT2D eigenvalue weighted by Gasteiger charge is 2.32. The van der Waals surface area contributed by atoms with E-state index in [0.717, 1.165) is 44.0 Å². The fraction of sp³-hybridized carbons (Fsp3) is 0.476. The van der Waals surface area contributed by atoms with Gasteiger partial charge >= 0.3 is 5.97 Å². The van der Waals surface area contributed by atoms with Crippen molar-refractivity contribution < 1.29 is 19.5 Å². The van der Waals surface area contributed by atoms with Gasteiger partial charge in [0.1, 0.15) is 12.1 Å². The first kappa shape index (κ1) is 19.1. The van der Waals surface area contributed by atoms with Gasteiger partial charge in [0.15, 0.2) is 0 Å². The van der Waals surface area contributed by atoms with Gasteiger partial charge in [-0.15, -0.1) is 0 Å². The van der Waals surface area contributed by atoms with E-state index in [1.807, 2.05) is 24.3 Å². The molecule has 2 atom stereocenters. The Morgan fingerprint density at radius 2 is 1.92 bits per heavy atom. The quantitative estimate of drug-likeness (QED) is 0.501. The third-order valence-electron chi connectivity index (χ3n) is 4.89. The Hall–Kier alpha value is -2.23. The van der Waals surface area contributed by atoms with Crippen LogP contribution in [-0.2, 0) is 9.59 Å². The Morgan fingerprint density at radius 3 is 2.68 bits per heavy atom. The number of ketones is 1. The van der Waals surface area contributed by atoms with Crippen LogP contribution in [0, 0.1) is 11.8 Å². The average Bonchev–Trinajstić information content (AvgIpc) is 2.96. The summed E-state index contributed by atoms with van der Waals surface area (Å²) >= 11 is 0. The number of carbonyl (C=O) groups is 3. The number of hydrogen-bond donors (Lipinski definition) is 1. The zero-order valence-electron chi connectivity index (χ0n) is 14.5. The number of allylic oxidation sites excluding steroid dienone is 1. The SMILES string of the molecule is O=Cc1cccc(C=CC2CCC(=O)C2CCCCCCC(=O)O)c1. The molecular formula is C21H26O4. The molecule has 0 amide bonds. The van der Waals surface area contributed by atoms with Crippen LogP contribution in [0.25, 0.3) is 6.08 Å². The van der Waals surface area contributed by atoms with Crippen molar-refractivity contribution >= 4 is 24.1 Å². The van der Waals surface area contributed by atoms with Gasteiger partial charge in [0.05, 0.1) is 0 Å². The Balaban J connectivity index is 1.82. The molecule has 1 aromatic carbocycles. The lowest BCUT2D eigenvalue weighted by molar-refractivity contribution is -0.137. The van der Waals surface area contributed by atoms with Crippen LogP contribution in [0.1, 0.15) is 67.3 Å². The molecule has 25 heavy (non-hydrogen) atoms.